The Labute approximate surface area is 215 Å². The van der Waals surface area contributed by atoms with Crippen LogP contribution in [-0.2, 0) is 13.2 Å². The van der Waals surface area contributed by atoms with Gasteiger partial charge in [-0.15, -0.1) is 0 Å². The summed E-state index contributed by atoms with van der Waals surface area (Å²) < 4.78 is 5.86. The minimum absolute atomic E-state index is 0.223. The molecular weight excluding hydrogens is 472 g/mol. The number of allylic oxidation sites excluding steroid dienone is 1. The normalized spacial score (nSPS) is 17.2. The van der Waals surface area contributed by atoms with Gasteiger partial charge in [0.15, 0.2) is 0 Å². The second kappa shape index (κ2) is 11.5. The lowest BCUT2D eigenvalue weighted by Gasteiger charge is -2.34. The number of aromatic nitrogens is 2. The summed E-state index contributed by atoms with van der Waals surface area (Å²) in [6, 6.07) is 20.6. The van der Waals surface area contributed by atoms with Crippen molar-refractivity contribution in [1.29, 1.82) is 5.26 Å². The summed E-state index contributed by atoms with van der Waals surface area (Å²) in [5.41, 5.74) is 4.27. The number of benzene rings is 2. The quantitative estimate of drug-likeness (QED) is 0.450. The highest BCUT2D eigenvalue weighted by Crippen LogP contribution is 2.43. The van der Waals surface area contributed by atoms with Crippen LogP contribution in [0.4, 0.5) is 5.69 Å². The van der Waals surface area contributed by atoms with Crippen molar-refractivity contribution in [2.45, 2.75) is 18.0 Å². The zero-order valence-corrected chi connectivity index (χ0v) is 20.7. The van der Waals surface area contributed by atoms with Crippen molar-refractivity contribution in [3.8, 4) is 12.1 Å². The molecule has 0 bridgehead atoms. The summed E-state index contributed by atoms with van der Waals surface area (Å²) >= 11 is 1.52. The van der Waals surface area contributed by atoms with Gasteiger partial charge in [-0.25, -0.2) is 4.98 Å². The number of hydrogen-bond donors (Lipinski definition) is 2. The lowest BCUT2D eigenvalue weighted by molar-refractivity contribution is 0.108. The average molecular weight is 501 g/mol. The topological polar surface area (TPSA) is 97.5 Å². The van der Waals surface area contributed by atoms with Crippen LogP contribution in [0.3, 0.4) is 0 Å². The third kappa shape index (κ3) is 5.86. The first kappa shape index (κ1) is 24.3. The van der Waals surface area contributed by atoms with Gasteiger partial charge in [0.05, 0.1) is 23.0 Å². The number of nitriles is 1. The number of thioether (sulfide) groups is 1. The van der Waals surface area contributed by atoms with Gasteiger partial charge in [-0.3, -0.25) is 9.80 Å². The van der Waals surface area contributed by atoms with Crippen LogP contribution >= 0.6 is 11.8 Å². The van der Waals surface area contributed by atoms with Crippen molar-refractivity contribution in [3.63, 3.8) is 0 Å². The number of para-hydroxylation sites is 1. The molecule has 0 spiro atoms. The minimum Gasteiger partial charge on any atom is -0.459 e. The third-order valence-corrected chi connectivity index (χ3v) is 7.34. The van der Waals surface area contributed by atoms with E-state index in [4.69, 9.17) is 9.84 Å². The van der Waals surface area contributed by atoms with E-state index >= 15 is 0 Å². The Bertz CT molecular complexity index is 1240. The molecule has 0 atom stereocenters. The summed E-state index contributed by atoms with van der Waals surface area (Å²) in [5.74, 6) is 0. The standard InChI is InChI=1S/C27H28N6O2S/c28-17-22(26-30-24-3-1-2-4-25(24)36-26)23-9-10-29-27(31-23)35-19-21-7-5-20(6-8-21)18-33-13-11-32(12-14-33)15-16-34/h1-10,30,34H,11-16,18-19H2. The SMILES string of the molecule is N#CC(=C1Nc2ccccc2S1)c1ccnc(OCc2ccc(CN3CCN(CCO)CC3)cc2)n1. The maximum atomic E-state index is 9.82. The number of ether oxygens (including phenoxy) is 1. The Morgan fingerprint density at radius 2 is 1.78 bits per heavy atom. The molecule has 2 aliphatic rings. The first-order chi connectivity index (χ1) is 17.7. The molecule has 0 saturated carbocycles. The highest BCUT2D eigenvalue weighted by atomic mass is 32.2. The van der Waals surface area contributed by atoms with Crippen LogP contribution in [0, 0.1) is 11.3 Å². The van der Waals surface area contributed by atoms with E-state index in [0.29, 0.717) is 17.9 Å². The van der Waals surface area contributed by atoms with Gasteiger partial charge in [-0.05, 0) is 29.3 Å². The number of β-amino-alcohol motifs (C(OH)–C–C–N with tert-alkyl or cyclic N) is 1. The second-order valence-corrected chi connectivity index (χ2v) is 9.76. The van der Waals surface area contributed by atoms with Crippen molar-refractivity contribution >= 4 is 23.0 Å². The summed E-state index contributed by atoms with van der Waals surface area (Å²) in [4.78, 5) is 14.5. The van der Waals surface area contributed by atoms with E-state index in [9.17, 15) is 5.26 Å². The lowest BCUT2D eigenvalue weighted by atomic mass is 10.1. The molecule has 9 heteroatoms. The summed E-state index contributed by atoms with van der Waals surface area (Å²) in [6.45, 7) is 6.27. The van der Waals surface area contributed by atoms with E-state index in [1.54, 1.807) is 12.3 Å². The maximum absolute atomic E-state index is 9.82. The van der Waals surface area contributed by atoms with Gasteiger partial charge in [0.1, 0.15) is 18.2 Å². The fraction of sp³-hybridized carbons (Fsp3) is 0.296. The van der Waals surface area contributed by atoms with Crippen molar-refractivity contribution < 1.29 is 9.84 Å². The number of fused-ring (bicyclic) bond motifs is 1. The van der Waals surface area contributed by atoms with Gasteiger partial charge in [0.2, 0.25) is 0 Å². The van der Waals surface area contributed by atoms with Gasteiger partial charge in [-0.1, -0.05) is 48.2 Å². The Hall–Kier alpha value is -3.42. The lowest BCUT2D eigenvalue weighted by Crippen LogP contribution is -2.46. The van der Waals surface area contributed by atoms with Crippen molar-refractivity contribution in [1.82, 2.24) is 19.8 Å². The molecule has 2 N–H and O–H groups in total. The molecule has 2 aromatic carbocycles. The van der Waals surface area contributed by atoms with Crippen LogP contribution < -0.4 is 10.1 Å². The summed E-state index contributed by atoms with van der Waals surface area (Å²) in [6.07, 6.45) is 1.62. The van der Waals surface area contributed by atoms with Crippen LogP contribution in [0.5, 0.6) is 6.01 Å². The van der Waals surface area contributed by atoms with E-state index in [0.717, 1.165) is 60.4 Å². The minimum atomic E-state index is 0.223. The number of nitrogens with one attached hydrogen (secondary N) is 1. The van der Waals surface area contributed by atoms with E-state index in [-0.39, 0.29) is 12.6 Å². The molecule has 5 rings (SSSR count). The van der Waals surface area contributed by atoms with E-state index < -0.39 is 0 Å². The number of aliphatic hydroxyl groups excluding tert-OH is 1. The van der Waals surface area contributed by atoms with E-state index in [2.05, 4.69) is 55.4 Å². The molecule has 184 valence electrons. The number of rotatable bonds is 8. The average Bonchev–Trinajstić information content (AvgIpc) is 3.34. The van der Waals surface area contributed by atoms with Gasteiger partial charge >= 0.3 is 6.01 Å². The predicted molar refractivity (Wildman–Crippen MR) is 140 cm³/mol. The molecule has 1 saturated heterocycles. The molecule has 3 heterocycles. The largest absolute Gasteiger partial charge is 0.459 e. The van der Waals surface area contributed by atoms with Gasteiger partial charge in [0, 0.05) is 50.4 Å². The fourth-order valence-corrected chi connectivity index (χ4v) is 5.27. The molecule has 1 fully saturated rings. The number of anilines is 1. The monoisotopic (exact) mass is 500 g/mol. The molecule has 0 radical (unpaired) electrons. The second-order valence-electron chi connectivity index (χ2n) is 8.71. The molecule has 0 amide bonds. The molecule has 2 aliphatic heterocycles. The Morgan fingerprint density at radius 1 is 1.03 bits per heavy atom. The zero-order valence-electron chi connectivity index (χ0n) is 19.9. The van der Waals surface area contributed by atoms with Gasteiger partial charge in [0.25, 0.3) is 0 Å². The Balaban J connectivity index is 1.18. The highest BCUT2D eigenvalue weighted by Gasteiger charge is 2.21. The summed E-state index contributed by atoms with van der Waals surface area (Å²) in [5, 5.41) is 23.0. The predicted octanol–water partition coefficient (Wildman–Crippen LogP) is 3.58. The first-order valence-electron chi connectivity index (χ1n) is 12.0. The molecule has 36 heavy (non-hydrogen) atoms. The Kier molecular flexibility index (Phi) is 7.79. The number of nitrogens with zero attached hydrogens (tertiary/aromatic N) is 5. The molecule has 1 aromatic heterocycles. The van der Waals surface area contributed by atoms with E-state index in [1.807, 2.05) is 24.3 Å². The fourth-order valence-electron chi connectivity index (χ4n) is 4.26. The van der Waals surface area contributed by atoms with Gasteiger partial charge in [-0.2, -0.15) is 10.2 Å². The smallest absolute Gasteiger partial charge is 0.317 e. The Morgan fingerprint density at radius 3 is 2.53 bits per heavy atom. The number of aliphatic hydroxyl groups is 1. The van der Waals surface area contributed by atoms with Crippen LogP contribution in [0.1, 0.15) is 16.8 Å². The highest BCUT2D eigenvalue weighted by molar-refractivity contribution is 8.04. The van der Waals surface area contributed by atoms with Crippen LogP contribution in [0.2, 0.25) is 0 Å². The molecule has 8 nitrogen and oxygen atoms in total. The summed E-state index contributed by atoms with van der Waals surface area (Å²) in [7, 11) is 0. The van der Waals surface area contributed by atoms with E-state index in [1.165, 1.54) is 17.3 Å². The molecule has 0 unspecified atom stereocenters. The van der Waals surface area contributed by atoms with Gasteiger partial charge < -0.3 is 15.2 Å². The van der Waals surface area contributed by atoms with Crippen LogP contribution in [-0.4, -0.2) is 64.2 Å². The maximum Gasteiger partial charge on any atom is 0.317 e. The molecule has 0 aliphatic carbocycles. The number of piperazine rings is 1. The van der Waals surface area contributed by atoms with Crippen LogP contribution in [0.25, 0.3) is 5.57 Å². The van der Waals surface area contributed by atoms with Crippen molar-refractivity contribution in [2.24, 2.45) is 0 Å². The molecule has 3 aromatic rings. The van der Waals surface area contributed by atoms with Crippen molar-refractivity contribution in [3.05, 3.63) is 82.6 Å². The third-order valence-electron chi connectivity index (χ3n) is 6.25. The first-order valence-corrected chi connectivity index (χ1v) is 12.8. The molecular formula is C27H28N6O2S. The van der Waals surface area contributed by atoms with Crippen molar-refractivity contribution in [2.75, 3.05) is 44.6 Å². The zero-order chi connectivity index (χ0) is 24.7. The van der Waals surface area contributed by atoms with Crippen LogP contribution in [0.15, 0.2) is 70.7 Å². The number of hydrogen-bond acceptors (Lipinski definition) is 9.